The van der Waals surface area contributed by atoms with E-state index in [0.29, 0.717) is 25.8 Å². The number of morpholine rings is 1. The third kappa shape index (κ3) is 4.78. The van der Waals surface area contributed by atoms with Gasteiger partial charge in [0.2, 0.25) is 11.9 Å². The van der Waals surface area contributed by atoms with E-state index < -0.39 is 0 Å². The lowest BCUT2D eigenvalue weighted by Gasteiger charge is -2.30. The van der Waals surface area contributed by atoms with Gasteiger partial charge in [0.1, 0.15) is 5.75 Å². The molecule has 7 rings (SSSR count). The molecule has 3 N–H and O–H groups in total. The maximum absolute atomic E-state index is 12.8. The Morgan fingerprint density at radius 3 is 2.66 bits per heavy atom. The van der Waals surface area contributed by atoms with Crippen molar-refractivity contribution < 1.29 is 14.3 Å². The minimum Gasteiger partial charge on any atom is -0.491 e. The van der Waals surface area contributed by atoms with Gasteiger partial charge in [0.25, 0.3) is 0 Å². The number of benzene rings is 2. The zero-order valence-corrected chi connectivity index (χ0v) is 19.4. The van der Waals surface area contributed by atoms with E-state index in [1.54, 1.807) is 6.20 Å². The van der Waals surface area contributed by atoms with Crippen LogP contribution in [0, 0.1) is 5.92 Å². The third-order valence-electron chi connectivity index (χ3n) is 6.68. The van der Waals surface area contributed by atoms with E-state index in [-0.39, 0.29) is 17.9 Å². The lowest BCUT2D eigenvalue weighted by molar-refractivity contribution is -0.117. The van der Waals surface area contributed by atoms with Crippen LogP contribution in [0.15, 0.2) is 54.7 Å². The summed E-state index contributed by atoms with van der Waals surface area (Å²) in [5, 5.41) is 9.71. The minimum atomic E-state index is -0.238. The van der Waals surface area contributed by atoms with Crippen molar-refractivity contribution >= 4 is 28.9 Å². The summed E-state index contributed by atoms with van der Waals surface area (Å²) in [5.41, 5.74) is 4.40. The Hall–Kier alpha value is -3.69. The molecule has 9 nitrogen and oxygen atoms in total. The van der Waals surface area contributed by atoms with Gasteiger partial charge in [-0.3, -0.25) is 4.79 Å². The third-order valence-corrected chi connectivity index (χ3v) is 6.68. The highest BCUT2D eigenvalue weighted by molar-refractivity contribution is 5.95. The van der Waals surface area contributed by atoms with Gasteiger partial charge >= 0.3 is 0 Å². The van der Waals surface area contributed by atoms with Crippen LogP contribution in [0.3, 0.4) is 0 Å². The Morgan fingerprint density at radius 2 is 1.80 bits per heavy atom. The quantitative estimate of drug-likeness (QED) is 0.497. The summed E-state index contributed by atoms with van der Waals surface area (Å²) in [7, 11) is 0. The van der Waals surface area contributed by atoms with Gasteiger partial charge in [-0.25, -0.2) is 9.97 Å². The molecule has 5 heterocycles. The van der Waals surface area contributed by atoms with E-state index in [0.717, 1.165) is 60.1 Å². The first-order valence-corrected chi connectivity index (χ1v) is 12.1. The zero-order chi connectivity index (χ0) is 23.6. The lowest BCUT2D eigenvalue weighted by atomic mass is 10.1. The number of fused-ring (bicyclic) bond motifs is 4. The van der Waals surface area contributed by atoms with Gasteiger partial charge in [-0.05, 0) is 36.8 Å². The SMILES string of the molecule is O=C1Nc2ccc(cc2)-c2ccnc(n2)Nc2ccc(N3CCOCC3)c(c2)OCC2CN[C@@H]1C2. The number of carbonyl (C=O) groups excluding carboxylic acids is 1. The highest BCUT2D eigenvalue weighted by Gasteiger charge is 2.30. The molecule has 4 aliphatic heterocycles. The van der Waals surface area contributed by atoms with Crippen LogP contribution in [0.2, 0.25) is 0 Å². The van der Waals surface area contributed by atoms with E-state index in [1.165, 1.54) is 0 Å². The van der Waals surface area contributed by atoms with Crippen molar-refractivity contribution in [2.24, 2.45) is 5.92 Å². The summed E-state index contributed by atoms with van der Waals surface area (Å²) in [5.74, 6) is 1.53. The summed E-state index contributed by atoms with van der Waals surface area (Å²) in [4.78, 5) is 24.2. The van der Waals surface area contributed by atoms with E-state index in [2.05, 4.69) is 31.9 Å². The molecule has 1 aromatic heterocycles. The molecule has 0 radical (unpaired) electrons. The van der Waals surface area contributed by atoms with E-state index in [4.69, 9.17) is 14.5 Å². The molecule has 1 unspecified atom stereocenters. The van der Waals surface area contributed by atoms with Crippen LogP contribution in [0.5, 0.6) is 5.75 Å². The molecule has 2 atom stereocenters. The molecule has 0 saturated carbocycles. The fourth-order valence-electron chi connectivity index (χ4n) is 4.78. The Labute approximate surface area is 203 Å². The fraction of sp³-hybridized carbons (Fsp3) is 0.346. The second-order valence-corrected chi connectivity index (χ2v) is 9.11. The Morgan fingerprint density at radius 1 is 0.971 bits per heavy atom. The Balaban J connectivity index is 1.36. The summed E-state index contributed by atoms with van der Waals surface area (Å²) in [6, 6.07) is 15.5. The average molecular weight is 473 g/mol. The molecule has 0 aliphatic carbocycles. The molecule has 1 amide bonds. The molecule has 2 saturated heterocycles. The van der Waals surface area contributed by atoms with Crippen LogP contribution in [0.1, 0.15) is 6.42 Å². The molecule has 180 valence electrons. The van der Waals surface area contributed by atoms with Gasteiger partial charge in [0, 0.05) is 54.8 Å². The highest BCUT2D eigenvalue weighted by atomic mass is 16.5. The molecule has 9 heteroatoms. The first kappa shape index (κ1) is 21.8. The number of hydrogen-bond donors (Lipinski definition) is 3. The van der Waals surface area contributed by atoms with Gasteiger partial charge in [-0.2, -0.15) is 0 Å². The molecule has 0 spiro atoms. The maximum atomic E-state index is 12.8. The van der Waals surface area contributed by atoms with Crippen LogP contribution in [-0.4, -0.2) is 61.4 Å². The molecule has 3 aromatic rings. The number of amides is 1. The number of hydrogen-bond acceptors (Lipinski definition) is 8. The highest BCUT2D eigenvalue weighted by Crippen LogP contribution is 2.34. The van der Waals surface area contributed by atoms with Crippen LogP contribution >= 0.6 is 0 Å². The minimum absolute atomic E-state index is 0.0223. The van der Waals surface area contributed by atoms with Crippen molar-refractivity contribution in [2.75, 3.05) is 55.0 Å². The van der Waals surface area contributed by atoms with Crippen LogP contribution in [0.4, 0.5) is 23.0 Å². The summed E-state index contributed by atoms with van der Waals surface area (Å²) >= 11 is 0. The smallest absolute Gasteiger partial charge is 0.241 e. The standard InChI is InChI=1S/C26H28N6O3/c33-25-22-13-17(15-28-22)16-35-24-14-20(5-6-23(24)32-9-11-34-12-10-32)30-26-27-8-7-21(31-26)18-1-3-19(29-25)4-2-18/h1-8,14,17,22,28H,9-13,15-16H2,(H,29,33)(H,27,30,31)/t17?,22-/m1/s1. The normalized spacial score (nSPS) is 21.9. The topological polar surface area (TPSA) is 101 Å². The predicted octanol–water partition coefficient (Wildman–Crippen LogP) is 3.03. The van der Waals surface area contributed by atoms with Crippen molar-refractivity contribution in [3.8, 4) is 17.0 Å². The number of anilines is 4. The number of carbonyl (C=O) groups is 1. The van der Waals surface area contributed by atoms with Gasteiger partial charge in [0.15, 0.2) is 0 Å². The molecule has 35 heavy (non-hydrogen) atoms. The average Bonchev–Trinajstić information content (AvgIpc) is 3.38. The van der Waals surface area contributed by atoms with Crippen LogP contribution in [0.25, 0.3) is 11.3 Å². The predicted molar refractivity (Wildman–Crippen MR) is 134 cm³/mol. The van der Waals surface area contributed by atoms with Crippen molar-refractivity contribution in [1.82, 2.24) is 15.3 Å². The number of nitrogens with zero attached hydrogens (tertiary/aromatic N) is 3. The van der Waals surface area contributed by atoms with Gasteiger partial charge < -0.3 is 30.3 Å². The fourth-order valence-corrected chi connectivity index (χ4v) is 4.78. The number of nitrogens with one attached hydrogen (secondary N) is 3. The van der Waals surface area contributed by atoms with Crippen molar-refractivity contribution in [1.29, 1.82) is 0 Å². The van der Waals surface area contributed by atoms with Crippen molar-refractivity contribution in [2.45, 2.75) is 12.5 Å². The first-order valence-electron chi connectivity index (χ1n) is 12.1. The van der Waals surface area contributed by atoms with E-state index in [1.807, 2.05) is 42.5 Å². The Kier molecular flexibility index (Phi) is 5.93. The van der Waals surface area contributed by atoms with Crippen molar-refractivity contribution in [3.63, 3.8) is 0 Å². The van der Waals surface area contributed by atoms with Crippen LogP contribution < -0.4 is 25.6 Å². The summed E-state index contributed by atoms with van der Waals surface area (Å²) in [6.45, 7) is 4.30. The molecule has 2 aromatic carbocycles. The van der Waals surface area contributed by atoms with E-state index >= 15 is 0 Å². The molecule has 8 bridgehead atoms. The zero-order valence-electron chi connectivity index (χ0n) is 19.4. The van der Waals surface area contributed by atoms with Crippen molar-refractivity contribution in [3.05, 3.63) is 54.7 Å². The molecular formula is C26H28N6O3. The van der Waals surface area contributed by atoms with E-state index in [9.17, 15) is 4.79 Å². The monoisotopic (exact) mass is 472 g/mol. The summed E-state index contributed by atoms with van der Waals surface area (Å²) in [6.07, 6.45) is 2.47. The second-order valence-electron chi connectivity index (χ2n) is 9.11. The second kappa shape index (κ2) is 9.52. The first-order chi connectivity index (χ1) is 17.2. The largest absolute Gasteiger partial charge is 0.491 e. The lowest BCUT2D eigenvalue weighted by Crippen LogP contribution is -2.36. The summed E-state index contributed by atoms with van der Waals surface area (Å²) < 4.78 is 11.9. The number of ether oxygens (including phenoxy) is 2. The van der Waals surface area contributed by atoms with Gasteiger partial charge in [-0.1, -0.05) is 12.1 Å². The Bertz CT molecular complexity index is 1210. The maximum Gasteiger partial charge on any atom is 0.241 e. The number of rotatable bonds is 1. The van der Waals surface area contributed by atoms with Gasteiger partial charge in [0.05, 0.1) is 37.2 Å². The number of aromatic nitrogens is 2. The molecule has 4 aliphatic rings. The molecular weight excluding hydrogens is 444 g/mol. The van der Waals surface area contributed by atoms with Gasteiger partial charge in [-0.15, -0.1) is 0 Å². The molecule has 2 fully saturated rings. The van der Waals surface area contributed by atoms with Crippen LogP contribution in [-0.2, 0) is 9.53 Å².